The molecule has 7 rings (SSSR count). The summed E-state index contributed by atoms with van der Waals surface area (Å²) in [5, 5.41) is 18.3. The van der Waals surface area contributed by atoms with Gasteiger partial charge in [-0.05, 0) is 68.8 Å². The molecule has 6 nitrogen and oxygen atoms in total. The Kier molecular flexibility index (Phi) is 10.9. The second-order valence-electron chi connectivity index (χ2n) is 12.4. The molecule has 0 spiro atoms. The molecule has 2 N–H and O–H groups in total. The number of fused-ring (bicyclic) bond motifs is 3. The molecule has 1 aliphatic carbocycles. The van der Waals surface area contributed by atoms with Crippen LogP contribution in [-0.2, 0) is 14.9 Å². The van der Waals surface area contributed by atoms with Gasteiger partial charge in [-0.2, -0.15) is 0 Å². The van der Waals surface area contributed by atoms with Crippen LogP contribution >= 0.6 is 0 Å². The Labute approximate surface area is 299 Å². The fourth-order valence-electron chi connectivity index (χ4n) is 7.24. The number of hydrogen-bond donors (Lipinski definition) is 2. The molecule has 0 aliphatic heterocycles. The molecule has 6 aromatic carbocycles. The maximum Gasteiger partial charge on any atom is 0.127 e. The van der Waals surface area contributed by atoms with Crippen LogP contribution in [0.3, 0.4) is 0 Å². The standard InChI is InChI=1S/C45H42O6/c46-23-25-48-27-29-50-43-21-19-35(31-39(43)33-11-3-1-4-12-33)45(41-17-9-7-15-37(41)38-16-8-10-18-42(38)45)36-20-22-44(51-30-28-49-26-24-47)40(32-36)34-13-5-2-6-14-34/h1-22,31-32,46-47H,23-30H2. The molecule has 0 saturated heterocycles. The molecule has 0 saturated carbocycles. The molecule has 1 aliphatic rings. The molecule has 51 heavy (non-hydrogen) atoms. The van der Waals surface area contributed by atoms with Gasteiger partial charge in [0.25, 0.3) is 0 Å². The van der Waals surface area contributed by atoms with Crippen LogP contribution in [0.1, 0.15) is 22.3 Å². The molecular weight excluding hydrogens is 636 g/mol. The van der Waals surface area contributed by atoms with E-state index >= 15 is 0 Å². The Morgan fingerprint density at radius 3 is 1.24 bits per heavy atom. The Hall–Kier alpha value is -5.24. The zero-order chi connectivity index (χ0) is 34.9. The minimum absolute atomic E-state index is 0.0207. The minimum atomic E-state index is -0.661. The Morgan fingerprint density at radius 2 is 0.804 bits per heavy atom. The lowest BCUT2D eigenvalue weighted by atomic mass is 9.67. The highest BCUT2D eigenvalue weighted by Gasteiger charge is 2.46. The SMILES string of the molecule is OCCOCCOc1ccc(C2(c3ccc(OCCOCCO)c(-c4ccccc4)c3)c3ccccc3-c3ccccc32)cc1-c1ccccc1. The van der Waals surface area contributed by atoms with Crippen molar-refractivity contribution >= 4 is 0 Å². The molecule has 6 heteroatoms. The van der Waals surface area contributed by atoms with Crippen LogP contribution in [-0.4, -0.2) is 63.1 Å². The van der Waals surface area contributed by atoms with Crippen molar-refractivity contribution < 1.29 is 29.2 Å². The van der Waals surface area contributed by atoms with Gasteiger partial charge >= 0.3 is 0 Å². The molecule has 0 bridgehead atoms. The maximum absolute atomic E-state index is 9.15. The van der Waals surface area contributed by atoms with Crippen molar-refractivity contribution in [1.82, 2.24) is 0 Å². The van der Waals surface area contributed by atoms with Crippen LogP contribution in [0, 0.1) is 0 Å². The summed E-state index contributed by atoms with van der Waals surface area (Å²) in [6, 6.07) is 51.2. The van der Waals surface area contributed by atoms with Crippen molar-refractivity contribution in [2.24, 2.45) is 0 Å². The van der Waals surface area contributed by atoms with Gasteiger partial charge in [-0.15, -0.1) is 0 Å². The van der Waals surface area contributed by atoms with E-state index < -0.39 is 5.41 Å². The molecule has 0 aromatic heterocycles. The average molecular weight is 679 g/mol. The second kappa shape index (κ2) is 16.2. The molecular formula is C45H42O6. The van der Waals surface area contributed by atoms with Crippen LogP contribution in [0.2, 0.25) is 0 Å². The first-order chi connectivity index (χ1) is 25.3. The number of aliphatic hydroxyl groups excluding tert-OH is 2. The second-order valence-corrected chi connectivity index (χ2v) is 12.4. The summed E-state index contributed by atoms with van der Waals surface area (Å²) in [4.78, 5) is 0. The highest BCUT2D eigenvalue weighted by Crippen LogP contribution is 2.57. The lowest BCUT2D eigenvalue weighted by molar-refractivity contribution is 0.0706. The predicted molar refractivity (Wildman–Crippen MR) is 201 cm³/mol. The van der Waals surface area contributed by atoms with E-state index in [0.717, 1.165) is 44.9 Å². The maximum atomic E-state index is 9.15. The quantitative estimate of drug-likeness (QED) is 0.101. The average Bonchev–Trinajstić information content (AvgIpc) is 3.49. The van der Waals surface area contributed by atoms with Crippen LogP contribution in [0.15, 0.2) is 146 Å². The third-order valence-corrected chi connectivity index (χ3v) is 9.39. The van der Waals surface area contributed by atoms with Crippen molar-refractivity contribution in [3.8, 4) is 44.9 Å². The van der Waals surface area contributed by atoms with Gasteiger partial charge in [-0.1, -0.05) is 121 Å². The largest absolute Gasteiger partial charge is 0.491 e. The van der Waals surface area contributed by atoms with Crippen LogP contribution < -0.4 is 9.47 Å². The predicted octanol–water partition coefficient (Wildman–Crippen LogP) is 8.16. The van der Waals surface area contributed by atoms with E-state index in [-0.39, 0.29) is 26.4 Å². The van der Waals surface area contributed by atoms with Crippen LogP contribution in [0.25, 0.3) is 33.4 Å². The summed E-state index contributed by atoms with van der Waals surface area (Å²) < 4.78 is 23.7. The number of hydrogen-bond acceptors (Lipinski definition) is 6. The smallest absolute Gasteiger partial charge is 0.127 e. The van der Waals surface area contributed by atoms with Gasteiger partial charge in [0.15, 0.2) is 0 Å². The van der Waals surface area contributed by atoms with Crippen molar-refractivity contribution in [3.05, 3.63) is 168 Å². The Bertz CT molecular complexity index is 1890. The minimum Gasteiger partial charge on any atom is -0.491 e. The molecule has 258 valence electrons. The zero-order valence-electron chi connectivity index (χ0n) is 28.5. The zero-order valence-corrected chi connectivity index (χ0v) is 28.5. The molecule has 0 atom stereocenters. The van der Waals surface area contributed by atoms with Gasteiger partial charge in [0.1, 0.15) is 24.7 Å². The monoisotopic (exact) mass is 678 g/mol. The summed E-state index contributed by atoms with van der Waals surface area (Å²) in [5.41, 5.74) is 10.5. The van der Waals surface area contributed by atoms with Gasteiger partial charge in [0.05, 0.1) is 45.1 Å². The van der Waals surface area contributed by atoms with E-state index in [1.54, 1.807) is 0 Å². The molecule has 0 unspecified atom stereocenters. The van der Waals surface area contributed by atoms with Gasteiger partial charge in [-0.25, -0.2) is 0 Å². The number of benzene rings is 6. The number of aliphatic hydroxyl groups is 2. The normalized spacial score (nSPS) is 12.7. The van der Waals surface area contributed by atoms with E-state index in [2.05, 4.69) is 109 Å². The van der Waals surface area contributed by atoms with Gasteiger partial charge in [-0.3, -0.25) is 0 Å². The van der Waals surface area contributed by atoms with Crippen LogP contribution in [0.5, 0.6) is 11.5 Å². The molecule has 0 amide bonds. The van der Waals surface area contributed by atoms with E-state index in [4.69, 9.17) is 29.2 Å². The van der Waals surface area contributed by atoms with E-state index in [1.165, 1.54) is 22.3 Å². The summed E-state index contributed by atoms with van der Waals surface area (Å²) in [5.74, 6) is 1.54. The highest BCUT2D eigenvalue weighted by molar-refractivity contribution is 5.88. The molecule has 6 aromatic rings. The van der Waals surface area contributed by atoms with Crippen molar-refractivity contribution in [1.29, 1.82) is 0 Å². The molecule has 0 radical (unpaired) electrons. The number of ether oxygens (including phenoxy) is 4. The van der Waals surface area contributed by atoms with Crippen LogP contribution in [0.4, 0.5) is 0 Å². The fraction of sp³-hybridized carbons (Fsp3) is 0.200. The first-order valence-electron chi connectivity index (χ1n) is 17.5. The van der Waals surface area contributed by atoms with Gasteiger partial charge in [0.2, 0.25) is 0 Å². The molecule has 0 fully saturated rings. The summed E-state index contributed by atoms with van der Waals surface area (Å²) in [6.07, 6.45) is 0. The Morgan fingerprint density at radius 1 is 0.392 bits per heavy atom. The van der Waals surface area contributed by atoms with E-state index in [1.807, 2.05) is 36.4 Å². The third-order valence-electron chi connectivity index (χ3n) is 9.39. The first kappa shape index (κ1) is 34.2. The lowest BCUT2D eigenvalue weighted by Crippen LogP contribution is -2.29. The summed E-state index contributed by atoms with van der Waals surface area (Å²) in [6.45, 7) is 2.01. The van der Waals surface area contributed by atoms with Crippen molar-refractivity contribution in [3.63, 3.8) is 0 Å². The Balaban J connectivity index is 1.43. The summed E-state index contributed by atoms with van der Waals surface area (Å²) >= 11 is 0. The molecule has 0 heterocycles. The van der Waals surface area contributed by atoms with Crippen molar-refractivity contribution in [2.45, 2.75) is 5.41 Å². The van der Waals surface area contributed by atoms with Crippen molar-refractivity contribution in [2.75, 3.05) is 52.9 Å². The van der Waals surface area contributed by atoms with E-state index in [9.17, 15) is 0 Å². The van der Waals surface area contributed by atoms with Gasteiger partial charge < -0.3 is 29.2 Å². The fourth-order valence-corrected chi connectivity index (χ4v) is 7.24. The first-order valence-corrected chi connectivity index (χ1v) is 17.5. The topological polar surface area (TPSA) is 77.4 Å². The highest BCUT2D eigenvalue weighted by atomic mass is 16.5. The number of rotatable bonds is 16. The summed E-state index contributed by atoms with van der Waals surface area (Å²) in [7, 11) is 0. The third kappa shape index (κ3) is 6.92. The van der Waals surface area contributed by atoms with E-state index in [0.29, 0.717) is 26.4 Å². The lowest BCUT2D eigenvalue weighted by Gasteiger charge is -2.35. The van der Waals surface area contributed by atoms with Gasteiger partial charge in [0, 0.05) is 11.1 Å².